The van der Waals surface area contributed by atoms with Gasteiger partial charge in [-0.3, -0.25) is 9.69 Å². The maximum atomic E-state index is 11.7. The Labute approximate surface area is 106 Å². The number of likely N-dealkylation sites (tertiary alicyclic amines) is 1. The van der Waals surface area contributed by atoms with Crippen LogP contribution >= 0.6 is 11.3 Å². The van der Waals surface area contributed by atoms with Gasteiger partial charge in [0.25, 0.3) is 0 Å². The minimum Gasteiger partial charge on any atom is -0.466 e. The highest BCUT2D eigenvalue weighted by Crippen LogP contribution is 2.21. The smallest absolute Gasteiger partial charge is 0.310 e. The van der Waals surface area contributed by atoms with Gasteiger partial charge in [0.15, 0.2) is 0 Å². The molecule has 0 N–H and O–H groups in total. The lowest BCUT2D eigenvalue weighted by atomic mass is 9.98. The van der Waals surface area contributed by atoms with Gasteiger partial charge < -0.3 is 4.74 Å². The molecule has 94 valence electrons. The zero-order chi connectivity index (χ0) is 12.1. The van der Waals surface area contributed by atoms with Gasteiger partial charge in [-0.25, -0.2) is 0 Å². The zero-order valence-corrected chi connectivity index (χ0v) is 11.0. The van der Waals surface area contributed by atoms with Crippen LogP contribution in [0.3, 0.4) is 0 Å². The third-order valence-corrected chi connectivity index (χ3v) is 3.95. The Morgan fingerprint density at radius 3 is 3.24 bits per heavy atom. The first-order chi connectivity index (χ1) is 8.29. The molecule has 0 spiro atoms. The summed E-state index contributed by atoms with van der Waals surface area (Å²) in [6.45, 7) is 5.25. The number of thiophene rings is 1. The average molecular weight is 253 g/mol. The van der Waals surface area contributed by atoms with Crippen molar-refractivity contribution in [3.63, 3.8) is 0 Å². The van der Waals surface area contributed by atoms with Crippen LogP contribution in [-0.2, 0) is 16.1 Å². The summed E-state index contributed by atoms with van der Waals surface area (Å²) < 4.78 is 5.10. The van der Waals surface area contributed by atoms with E-state index in [2.05, 4.69) is 22.4 Å². The van der Waals surface area contributed by atoms with Gasteiger partial charge in [-0.15, -0.1) is 11.3 Å². The number of carbonyl (C=O) groups is 1. The minimum absolute atomic E-state index is 0.0246. The standard InChI is InChI=1S/C13H19NO2S/c1-2-16-13(15)11-5-3-7-14(9-11)10-12-6-4-8-17-12/h4,6,8,11H,2-3,5,7,9-10H2,1H3/t11-/m0/s1. The third kappa shape index (κ3) is 3.54. The topological polar surface area (TPSA) is 29.5 Å². The zero-order valence-electron chi connectivity index (χ0n) is 10.2. The van der Waals surface area contributed by atoms with E-state index in [9.17, 15) is 4.79 Å². The van der Waals surface area contributed by atoms with Crippen LogP contribution in [0.2, 0.25) is 0 Å². The largest absolute Gasteiger partial charge is 0.466 e. The Morgan fingerprint density at radius 1 is 1.65 bits per heavy atom. The highest BCUT2D eigenvalue weighted by Gasteiger charge is 2.26. The number of hydrogen-bond acceptors (Lipinski definition) is 4. The molecule has 0 unspecified atom stereocenters. The average Bonchev–Trinajstić information content (AvgIpc) is 2.82. The SMILES string of the molecule is CCOC(=O)[C@H]1CCCN(Cc2cccs2)C1. The summed E-state index contributed by atoms with van der Waals surface area (Å²) in [4.78, 5) is 15.4. The normalized spacial score (nSPS) is 21.4. The van der Waals surface area contributed by atoms with Crippen LogP contribution in [0, 0.1) is 5.92 Å². The van der Waals surface area contributed by atoms with Crippen molar-refractivity contribution >= 4 is 17.3 Å². The fourth-order valence-electron chi connectivity index (χ4n) is 2.27. The molecule has 2 rings (SSSR count). The predicted octanol–water partition coefficient (Wildman–Crippen LogP) is 2.52. The first kappa shape index (κ1) is 12.6. The Morgan fingerprint density at radius 2 is 2.53 bits per heavy atom. The van der Waals surface area contributed by atoms with Crippen LogP contribution < -0.4 is 0 Å². The van der Waals surface area contributed by atoms with E-state index in [-0.39, 0.29) is 11.9 Å². The summed E-state index contributed by atoms with van der Waals surface area (Å²) in [7, 11) is 0. The number of piperidine rings is 1. The summed E-state index contributed by atoms with van der Waals surface area (Å²) in [6, 6.07) is 4.23. The van der Waals surface area contributed by atoms with Gasteiger partial charge in [-0.1, -0.05) is 6.07 Å². The van der Waals surface area contributed by atoms with Gasteiger partial charge in [-0.2, -0.15) is 0 Å². The van der Waals surface area contributed by atoms with Crippen molar-refractivity contribution in [2.24, 2.45) is 5.92 Å². The van der Waals surface area contributed by atoms with Crippen molar-refractivity contribution < 1.29 is 9.53 Å². The van der Waals surface area contributed by atoms with Crippen molar-refractivity contribution in [2.45, 2.75) is 26.3 Å². The molecule has 1 aliphatic rings. The van der Waals surface area contributed by atoms with Crippen molar-refractivity contribution in [3.05, 3.63) is 22.4 Å². The van der Waals surface area contributed by atoms with Gasteiger partial charge in [0.2, 0.25) is 0 Å². The van der Waals surface area contributed by atoms with E-state index in [1.54, 1.807) is 11.3 Å². The molecule has 0 aromatic carbocycles. The Kier molecular flexibility index (Phi) is 4.57. The second-order valence-corrected chi connectivity index (χ2v) is 5.44. The molecule has 3 nitrogen and oxygen atoms in total. The van der Waals surface area contributed by atoms with Crippen LogP contribution in [0.4, 0.5) is 0 Å². The van der Waals surface area contributed by atoms with Crippen LogP contribution in [0.1, 0.15) is 24.6 Å². The highest BCUT2D eigenvalue weighted by atomic mass is 32.1. The van der Waals surface area contributed by atoms with Crippen LogP contribution in [0.25, 0.3) is 0 Å². The monoisotopic (exact) mass is 253 g/mol. The summed E-state index contributed by atoms with van der Waals surface area (Å²) >= 11 is 1.78. The van der Waals surface area contributed by atoms with E-state index in [1.165, 1.54) is 4.88 Å². The fourth-order valence-corrected chi connectivity index (χ4v) is 3.02. The Hall–Kier alpha value is -0.870. The lowest BCUT2D eigenvalue weighted by molar-refractivity contribution is -0.150. The van der Waals surface area contributed by atoms with E-state index in [0.29, 0.717) is 6.61 Å². The Balaban J connectivity index is 1.86. The quantitative estimate of drug-likeness (QED) is 0.772. The van der Waals surface area contributed by atoms with Gasteiger partial charge in [0, 0.05) is 18.0 Å². The molecule has 0 amide bonds. The maximum Gasteiger partial charge on any atom is 0.310 e. The predicted molar refractivity (Wildman–Crippen MR) is 69.0 cm³/mol. The number of rotatable bonds is 4. The molecule has 0 saturated carbocycles. The second kappa shape index (κ2) is 6.17. The molecule has 17 heavy (non-hydrogen) atoms. The molecule has 1 saturated heterocycles. The molecular formula is C13H19NO2S. The molecule has 1 aromatic heterocycles. The van der Waals surface area contributed by atoms with E-state index in [1.807, 2.05) is 6.92 Å². The lowest BCUT2D eigenvalue weighted by Gasteiger charge is -2.31. The van der Waals surface area contributed by atoms with Gasteiger partial charge in [-0.05, 0) is 37.8 Å². The van der Waals surface area contributed by atoms with Crippen molar-refractivity contribution in [2.75, 3.05) is 19.7 Å². The van der Waals surface area contributed by atoms with Crippen molar-refractivity contribution in [1.82, 2.24) is 4.90 Å². The van der Waals surface area contributed by atoms with E-state index in [4.69, 9.17) is 4.74 Å². The number of ether oxygens (including phenoxy) is 1. The van der Waals surface area contributed by atoms with Crippen LogP contribution in [0.15, 0.2) is 17.5 Å². The first-order valence-corrected chi connectivity index (χ1v) is 7.09. The van der Waals surface area contributed by atoms with Crippen molar-refractivity contribution in [3.8, 4) is 0 Å². The summed E-state index contributed by atoms with van der Waals surface area (Å²) in [5.74, 6) is 0.0482. The molecule has 1 atom stereocenters. The Bertz CT molecular complexity index is 350. The number of hydrogen-bond donors (Lipinski definition) is 0. The molecule has 4 heteroatoms. The molecule has 1 aliphatic heterocycles. The lowest BCUT2D eigenvalue weighted by Crippen LogP contribution is -2.38. The minimum atomic E-state index is -0.0246. The number of carbonyl (C=O) groups excluding carboxylic acids is 1. The molecule has 0 radical (unpaired) electrons. The highest BCUT2D eigenvalue weighted by molar-refractivity contribution is 7.09. The first-order valence-electron chi connectivity index (χ1n) is 6.21. The molecule has 1 aromatic rings. The second-order valence-electron chi connectivity index (χ2n) is 4.41. The molecule has 0 aliphatic carbocycles. The molecule has 1 fully saturated rings. The van der Waals surface area contributed by atoms with Crippen molar-refractivity contribution in [1.29, 1.82) is 0 Å². The number of esters is 1. The third-order valence-electron chi connectivity index (χ3n) is 3.08. The van der Waals surface area contributed by atoms with Crippen LogP contribution in [0.5, 0.6) is 0 Å². The fraction of sp³-hybridized carbons (Fsp3) is 0.615. The summed E-state index contributed by atoms with van der Waals surface area (Å²) in [6.07, 6.45) is 2.06. The van der Waals surface area contributed by atoms with Gasteiger partial charge >= 0.3 is 5.97 Å². The summed E-state index contributed by atoms with van der Waals surface area (Å²) in [5.41, 5.74) is 0. The summed E-state index contributed by atoms with van der Waals surface area (Å²) in [5, 5.41) is 2.10. The van der Waals surface area contributed by atoms with E-state index < -0.39 is 0 Å². The molecular weight excluding hydrogens is 234 g/mol. The van der Waals surface area contributed by atoms with Gasteiger partial charge in [0.05, 0.1) is 12.5 Å². The van der Waals surface area contributed by atoms with Gasteiger partial charge in [0.1, 0.15) is 0 Å². The number of nitrogens with zero attached hydrogens (tertiary/aromatic N) is 1. The molecule has 2 heterocycles. The van der Waals surface area contributed by atoms with E-state index >= 15 is 0 Å². The molecule has 0 bridgehead atoms. The maximum absolute atomic E-state index is 11.7. The van der Waals surface area contributed by atoms with Crippen LogP contribution in [-0.4, -0.2) is 30.6 Å². The van der Waals surface area contributed by atoms with E-state index in [0.717, 1.165) is 32.5 Å².